The average Bonchev–Trinajstić information content (AvgIpc) is 2.85. The Balaban J connectivity index is 1.19. The lowest BCUT2D eigenvalue weighted by atomic mass is 9.60. The van der Waals surface area contributed by atoms with Crippen LogP contribution < -0.4 is 0 Å². The molecule has 0 N–H and O–H groups in total. The summed E-state index contributed by atoms with van der Waals surface area (Å²) in [5, 5.41) is 0. The van der Waals surface area contributed by atoms with Crippen LogP contribution >= 0.6 is 0 Å². The van der Waals surface area contributed by atoms with Crippen molar-refractivity contribution in [2.75, 3.05) is 0 Å². The number of unbranched alkanes of at least 4 members (excludes halogenated alkanes) is 3. The predicted molar refractivity (Wildman–Crippen MR) is 140 cm³/mol. The van der Waals surface area contributed by atoms with Crippen molar-refractivity contribution < 1.29 is 0 Å². The van der Waals surface area contributed by atoms with Gasteiger partial charge in [0.15, 0.2) is 0 Å². The Kier molecular flexibility index (Phi) is 9.36. The van der Waals surface area contributed by atoms with Crippen molar-refractivity contribution >= 4 is 0 Å². The molecule has 0 aromatic heterocycles. The topological polar surface area (TPSA) is 0 Å². The molecule has 3 aliphatic carbocycles. The summed E-state index contributed by atoms with van der Waals surface area (Å²) in [6.07, 6.45) is 26.8. The zero-order valence-electron chi connectivity index (χ0n) is 21.1. The largest absolute Gasteiger partial charge is 0.103 e. The van der Waals surface area contributed by atoms with Crippen LogP contribution in [0.2, 0.25) is 0 Å². The first-order valence-electron chi connectivity index (χ1n) is 14.5. The van der Waals surface area contributed by atoms with Crippen LogP contribution in [0.5, 0.6) is 0 Å². The Bertz CT molecular complexity index is 662. The minimum Gasteiger partial charge on any atom is -0.103 e. The maximum absolute atomic E-state index is 3.85. The highest BCUT2D eigenvalue weighted by molar-refractivity contribution is 5.26. The van der Waals surface area contributed by atoms with E-state index in [0.717, 1.165) is 48.3 Å². The van der Waals surface area contributed by atoms with Crippen molar-refractivity contribution in [2.45, 2.75) is 122 Å². The van der Waals surface area contributed by atoms with Crippen molar-refractivity contribution in [1.29, 1.82) is 0 Å². The first-order valence-corrected chi connectivity index (χ1v) is 14.5. The molecule has 0 heteroatoms. The second-order valence-electron chi connectivity index (χ2n) is 11.8. The number of aryl methyl sites for hydroxylation is 1. The molecule has 0 spiro atoms. The van der Waals surface area contributed by atoms with E-state index in [9.17, 15) is 0 Å². The van der Waals surface area contributed by atoms with E-state index in [-0.39, 0.29) is 0 Å². The lowest BCUT2D eigenvalue weighted by Gasteiger charge is -2.45. The van der Waals surface area contributed by atoms with Gasteiger partial charge in [-0.2, -0.15) is 0 Å². The highest BCUT2D eigenvalue weighted by atomic mass is 14.4. The van der Waals surface area contributed by atoms with Crippen molar-refractivity contribution in [3.63, 3.8) is 0 Å². The van der Waals surface area contributed by atoms with E-state index in [4.69, 9.17) is 0 Å². The molecule has 4 rings (SSSR count). The van der Waals surface area contributed by atoms with Gasteiger partial charge in [-0.1, -0.05) is 75.8 Å². The number of benzene rings is 1. The monoisotopic (exact) mass is 434 g/mol. The summed E-state index contributed by atoms with van der Waals surface area (Å²) < 4.78 is 0. The highest BCUT2D eigenvalue weighted by Gasteiger charge is 2.38. The first-order chi connectivity index (χ1) is 15.8. The lowest BCUT2D eigenvalue weighted by molar-refractivity contribution is 0.0613. The van der Waals surface area contributed by atoms with Gasteiger partial charge in [-0.25, -0.2) is 0 Å². The second kappa shape index (κ2) is 12.4. The Morgan fingerprint density at radius 1 is 0.750 bits per heavy atom. The molecule has 3 aliphatic rings. The van der Waals surface area contributed by atoms with Crippen LogP contribution in [0.25, 0.3) is 0 Å². The average molecular weight is 435 g/mol. The molecule has 4 unspecified atom stereocenters. The molecule has 3 fully saturated rings. The van der Waals surface area contributed by atoms with Gasteiger partial charge in [0.2, 0.25) is 0 Å². The summed E-state index contributed by atoms with van der Waals surface area (Å²) in [6, 6.07) is 9.59. The quantitative estimate of drug-likeness (QED) is 0.254. The number of hydrogen-bond donors (Lipinski definition) is 0. The molecule has 0 heterocycles. The minimum absolute atomic E-state index is 0.819. The van der Waals surface area contributed by atoms with Gasteiger partial charge >= 0.3 is 0 Å². The van der Waals surface area contributed by atoms with E-state index in [1.54, 1.807) is 44.1 Å². The van der Waals surface area contributed by atoms with Gasteiger partial charge < -0.3 is 0 Å². The minimum atomic E-state index is 0.819. The van der Waals surface area contributed by atoms with Crippen LogP contribution in [-0.2, 0) is 6.42 Å². The summed E-state index contributed by atoms with van der Waals surface area (Å²) in [5.41, 5.74) is 3.07. The fourth-order valence-electron chi connectivity index (χ4n) is 7.72. The number of hydrogen-bond acceptors (Lipinski definition) is 0. The maximum Gasteiger partial charge on any atom is -0.0162 e. The molecular formula is C32H50. The van der Waals surface area contributed by atoms with E-state index >= 15 is 0 Å². The van der Waals surface area contributed by atoms with Crippen LogP contribution in [0.4, 0.5) is 0 Å². The third-order valence-electron chi connectivity index (χ3n) is 9.75. The molecule has 3 saturated carbocycles. The molecule has 0 nitrogen and oxygen atoms in total. The summed E-state index contributed by atoms with van der Waals surface area (Å²) >= 11 is 0. The SMILES string of the molecule is C=CCCc1ccc(C2CCC(C3CCC4CC(CCCCCC)CCC4C3)CC2)cc1. The standard InChI is InChI=1S/C32H50/c1-3-5-7-8-10-26-13-16-32-24-31(22-21-30(32)23-26)29-19-17-28(18-20-29)27-14-11-25(12-15-27)9-6-4-2/h4,11-12,14-15,26,28-32H,2-3,5-10,13,16-24H2,1H3. The molecule has 178 valence electrons. The van der Waals surface area contributed by atoms with E-state index < -0.39 is 0 Å². The Morgan fingerprint density at radius 3 is 2.12 bits per heavy atom. The Hall–Kier alpha value is -1.04. The first kappa shape index (κ1) is 24.1. The Labute approximate surface area is 199 Å². The van der Waals surface area contributed by atoms with Crippen LogP contribution in [0.1, 0.15) is 127 Å². The zero-order valence-corrected chi connectivity index (χ0v) is 21.1. The normalized spacial score (nSPS) is 32.9. The van der Waals surface area contributed by atoms with Crippen molar-refractivity contribution in [2.24, 2.45) is 29.6 Å². The second-order valence-corrected chi connectivity index (χ2v) is 11.8. The maximum atomic E-state index is 3.85. The van der Waals surface area contributed by atoms with Crippen LogP contribution in [-0.4, -0.2) is 0 Å². The Morgan fingerprint density at radius 2 is 1.41 bits per heavy atom. The van der Waals surface area contributed by atoms with Crippen LogP contribution in [0.15, 0.2) is 36.9 Å². The van der Waals surface area contributed by atoms with Gasteiger partial charge in [-0.3, -0.25) is 0 Å². The van der Waals surface area contributed by atoms with Gasteiger partial charge in [-0.15, -0.1) is 6.58 Å². The smallest absolute Gasteiger partial charge is 0.0162 e. The molecule has 32 heavy (non-hydrogen) atoms. The number of rotatable bonds is 10. The molecule has 0 bridgehead atoms. The van der Waals surface area contributed by atoms with Gasteiger partial charge in [0.25, 0.3) is 0 Å². The summed E-state index contributed by atoms with van der Waals surface area (Å²) in [4.78, 5) is 0. The highest BCUT2D eigenvalue weighted by Crippen LogP contribution is 2.50. The van der Waals surface area contributed by atoms with Gasteiger partial charge in [0.05, 0.1) is 0 Å². The van der Waals surface area contributed by atoms with Gasteiger partial charge in [0.1, 0.15) is 0 Å². The molecular weight excluding hydrogens is 384 g/mol. The predicted octanol–water partition coefficient (Wildman–Crippen LogP) is 9.88. The summed E-state index contributed by atoms with van der Waals surface area (Å²) in [6.45, 7) is 6.19. The summed E-state index contributed by atoms with van der Waals surface area (Å²) in [7, 11) is 0. The molecule has 0 saturated heterocycles. The van der Waals surface area contributed by atoms with Crippen molar-refractivity contribution in [1.82, 2.24) is 0 Å². The van der Waals surface area contributed by atoms with Crippen molar-refractivity contribution in [3.05, 3.63) is 48.0 Å². The molecule has 0 radical (unpaired) electrons. The van der Waals surface area contributed by atoms with Gasteiger partial charge in [-0.05, 0) is 117 Å². The number of fused-ring (bicyclic) bond motifs is 1. The molecule has 0 aliphatic heterocycles. The fourth-order valence-corrected chi connectivity index (χ4v) is 7.72. The molecule has 1 aromatic rings. The number of allylic oxidation sites excluding steroid dienone is 1. The fraction of sp³-hybridized carbons (Fsp3) is 0.750. The molecule has 0 amide bonds. The van der Waals surface area contributed by atoms with E-state index in [1.807, 2.05) is 6.08 Å². The van der Waals surface area contributed by atoms with Crippen LogP contribution in [0.3, 0.4) is 0 Å². The van der Waals surface area contributed by atoms with E-state index in [1.165, 1.54) is 63.4 Å². The summed E-state index contributed by atoms with van der Waals surface area (Å²) in [5.74, 6) is 6.15. The zero-order chi connectivity index (χ0) is 22.2. The molecule has 4 atom stereocenters. The lowest BCUT2D eigenvalue weighted by Crippen LogP contribution is -2.34. The van der Waals surface area contributed by atoms with E-state index in [0.29, 0.717) is 0 Å². The third-order valence-corrected chi connectivity index (χ3v) is 9.75. The van der Waals surface area contributed by atoms with Crippen LogP contribution in [0, 0.1) is 29.6 Å². The molecule has 1 aromatic carbocycles. The van der Waals surface area contributed by atoms with Gasteiger partial charge in [0, 0.05) is 0 Å². The third kappa shape index (κ3) is 6.51. The van der Waals surface area contributed by atoms with E-state index in [2.05, 4.69) is 37.8 Å². The van der Waals surface area contributed by atoms with Crippen molar-refractivity contribution in [3.8, 4) is 0 Å².